The lowest BCUT2D eigenvalue weighted by Gasteiger charge is -2.35. The number of aromatic nitrogens is 5. The van der Waals surface area contributed by atoms with Crippen LogP contribution in [0.3, 0.4) is 0 Å². The van der Waals surface area contributed by atoms with Crippen molar-refractivity contribution in [2.45, 2.75) is 65.1 Å². The van der Waals surface area contributed by atoms with E-state index in [1.54, 1.807) is 13.0 Å². The molecule has 13 nitrogen and oxygen atoms in total. The van der Waals surface area contributed by atoms with Crippen LogP contribution in [0.15, 0.2) is 48.6 Å². The van der Waals surface area contributed by atoms with Gasteiger partial charge in [0.2, 0.25) is 11.8 Å². The molecule has 1 aliphatic heterocycles. The van der Waals surface area contributed by atoms with E-state index in [9.17, 15) is 19.2 Å². The zero-order valence-corrected chi connectivity index (χ0v) is 24.2. The van der Waals surface area contributed by atoms with Crippen LogP contribution in [0.1, 0.15) is 56.8 Å². The first kappa shape index (κ1) is 30.3. The first-order valence-electron chi connectivity index (χ1n) is 13.9. The van der Waals surface area contributed by atoms with Crippen molar-refractivity contribution in [1.82, 2.24) is 41.1 Å². The van der Waals surface area contributed by atoms with Crippen LogP contribution in [-0.4, -0.2) is 85.5 Å². The number of nitrogens with zero attached hydrogens (tertiary/aromatic N) is 5. The number of hydrogen-bond donors (Lipinski definition) is 3. The standard InChI is InChI=1S/C29H36N8O5/c1-5-42-24(38)15-13-19(17-23-33-35-36-34-23)30-27(40)22-11-8-16-37(22)28(41)25(29(2,3)4)32-26(39)21-14-12-18-9-6-7-10-20(18)31-21/h6-7,9-10,12-15,19,22,25H,5,8,11,16-17H2,1-4H3,(H,30,40)(H,32,39)(H,33,34,35,36)/b15-13+/t19-,22-,25?/m1/s1. The van der Waals surface area contributed by atoms with Crippen LogP contribution >= 0.6 is 0 Å². The quantitative estimate of drug-likeness (QED) is 0.240. The normalized spacial score (nSPS) is 16.8. The van der Waals surface area contributed by atoms with Gasteiger partial charge in [-0.25, -0.2) is 9.78 Å². The van der Waals surface area contributed by atoms with Gasteiger partial charge in [0.15, 0.2) is 5.82 Å². The molecule has 42 heavy (non-hydrogen) atoms. The lowest BCUT2D eigenvalue weighted by Crippen LogP contribution is -2.58. The molecule has 3 amide bonds. The monoisotopic (exact) mass is 576 g/mol. The van der Waals surface area contributed by atoms with Crippen molar-refractivity contribution in [1.29, 1.82) is 0 Å². The molecule has 0 spiro atoms. The van der Waals surface area contributed by atoms with Gasteiger partial charge < -0.3 is 20.3 Å². The van der Waals surface area contributed by atoms with Crippen LogP contribution in [0.2, 0.25) is 0 Å². The Hall–Kier alpha value is -4.68. The highest BCUT2D eigenvalue weighted by molar-refractivity contribution is 5.99. The van der Waals surface area contributed by atoms with E-state index in [4.69, 9.17) is 4.74 Å². The van der Waals surface area contributed by atoms with E-state index < -0.39 is 41.3 Å². The maximum absolute atomic E-state index is 13.9. The summed E-state index contributed by atoms with van der Waals surface area (Å²) in [7, 11) is 0. The first-order chi connectivity index (χ1) is 20.1. The molecule has 0 aliphatic carbocycles. The van der Waals surface area contributed by atoms with Crippen LogP contribution in [0.4, 0.5) is 0 Å². The molecule has 1 aromatic carbocycles. The third-order valence-corrected chi connectivity index (χ3v) is 6.93. The fraction of sp³-hybridized carbons (Fsp3) is 0.448. The lowest BCUT2D eigenvalue weighted by molar-refractivity contribution is -0.142. The van der Waals surface area contributed by atoms with Crippen molar-refractivity contribution in [2.24, 2.45) is 5.41 Å². The maximum Gasteiger partial charge on any atom is 0.330 e. The number of hydrogen-bond acceptors (Lipinski definition) is 9. The summed E-state index contributed by atoms with van der Waals surface area (Å²) in [5.41, 5.74) is 0.216. The fourth-order valence-corrected chi connectivity index (χ4v) is 4.81. The van der Waals surface area contributed by atoms with Gasteiger partial charge >= 0.3 is 5.97 Å². The molecule has 1 fully saturated rings. The second-order valence-electron chi connectivity index (χ2n) is 11.1. The Balaban J connectivity index is 1.49. The first-order valence-corrected chi connectivity index (χ1v) is 13.9. The van der Waals surface area contributed by atoms with Gasteiger partial charge in [-0.05, 0) is 37.3 Å². The third kappa shape index (κ3) is 7.53. The topological polar surface area (TPSA) is 172 Å². The molecule has 1 unspecified atom stereocenters. The van der Waals surface area contributed by atoms with Crippen molar-refractivity contribution < 1.29 is 23.9 Å². The number of benzene rings is 1. The molecule has 3 atom stereocenters. The molecule has 13 heteroatoms. The van der Waals surface area contributed by atoms with E-state index in [1.165, 1.54) is 17.1 Å². The predicted octanol–water partition coefficient (Wildman–Crippen LogP) is 1.73. The molecule has 3 heterocycles. The number of carbonyl (C=O) groups is 4. The number of aromatic amines is 1. The highest BCUT2D eigenvalue weighted by Crippen LogP contribution is 2.26. The van der Waals surface area contributed by atoms with Gasteiger partial charge in [0, 0.05) is 24.4 Å². The molecule has 222 valence electrons. The minimum Gasteiger partial charge on any atom is -0.463 e. The summed E-state index contributed by atoms with van der Waals surface area (Å²) in [5, 5.41) is 20.4. The Morgan fingerprint density at radius 3 is 2.64 bits per heavy atom. The molecular weight excluding hydrogens is 540 g/mol. The zero-order valence-electron chi connectivity index (χ0n) is 24.2. The zero-order chi connectivity index (χ0) is 30.3. The number of rotatable bonds is 10. The predicted molar refractivity (Wildman–Crippen MR) is 153 cm³/mol. The largest absolute Gasteiger partial charge is 0.463 e. The van der Waals surface area contributed by atoms with Gasteiger partial charge in [-0.3, -0.25) is 14.4 Å². The summed E-state index contributed by atoms with van der Waals surface area (Å²) in [6.45, 7) is 7.85. The number of ether oxygens (including phenoxy) is 1. The third-order valence-electron chi connectivity index (χ3n) is 6.93. The van der Waals surface area contributed by atoms with Crippen LogP contribution in [0.5, 0.6) is 0 Å². The smallest absolute Gasteiger partial charge is 0.330 e. The van der Waals surface area contributed by atoms with Crippen molar-refractivity contribution >= 4 is 34.6 Å². The van der Waals surface area contributed by atoms with Crippen LogP contribution in [-0.2, 0) is 25.5 Å². The number of amides is 3. The summed E-state index contributed by atoms with van der Waals surface area (Å²) < 4.78 is 4.94. The highest BCUT2D eigenvalue weighted by atomic mass is 16.5. The molecule has 0 saturated carbocycles. The van der Waals surface area contributed by atoms with Crippen molar-refractivity contribution in [2.75, 3.05) is 13.2 Å². The Morgan fingerprint density at radius 2 is 1.93 bits per heavy atom. The SMILES string of the molecule is CCOC(=O)/C=C/[C@H](Cc1nn[nH]n1)NC(=O)[C@H]1CCCN1C(=O)C(NC(=O)c1ccc2ccccc2n1)C(C)(C)C. The second-order valence-corrected chi connectivity index (χ2v) is 11.1. The van der Waals surface area contributed by atoms with E-state index >= 15 is 0 Å². The van der Waals surface area contributed by atoms with Crippen LogP contribution in [0.25, 0.3) is 10.9 Å². The Kier molecular flexibility index (Phi) is 9.60. The molecule has 4 rings (SSSR count). The average molecular weight is 577 g/mol. The lowest BCUT2D eigenvalue weighted by atomic mass is 9.85. The van der Waals surface area contributed by atoms with Gasteiger partial charge in [0.25, 0.3) is 5.91 Å². The van der Waals surface area contributed by atoms with Crippen molar-refractivity contribution in [3.8, 4) is 0 Å². The number of para-hydroxylation sites is 1. The Labute approximate surface area is 243 Å². The van der Waals surface area contributed by atoms with Gasteiger partial charge in [-0.15, -0.1) is 10.2 Å². The van der Waals surface area contributed by atoms with E-state index in [-0.39, 0.29) is 24.6 Å². The summed E-state index contributed by atoms with van der Waals surface area (Å²) in [6.07, 6.45) is 3.97. The summed E-state index contributed by atoms with van der Waals surface area (Å²) in [4.78, 5) is 58.5. The number of pyridine rings is 1. The number of nitrogens with one attached hydrogen (secondary N) is 3. The second kappa shape index (κ2) is 13.3. The molecular formula is C29H36N8O5. The maximum atomic E-state index is 13.9. The molecule has 1 saturated heterocycles. The van der Waals surface area contributed by atoms with E-state index in [0.29, 0.717) is 30.7 Å². The van der Waals surface area contributed by atoms with Gasteiger partial charge in [-0.1, -0.05) is 56.3 Å². The van der Waals surface area contributed by atoms with Gasteiger partial charge in [-0.2, -0.15) is 5.21 Å². The Morgan fingerprint density at radius 1 is 1.14 bits per heavy atom. The molecule has 0 radical (unpaired) electrons. The molecule has 0 bridgehead atoms. The minimum absolute atomic E-state index is 0.165. The molecule has 1 aliphatic rings. The summed E-state index contributed by atoms with van der Waals surface area (Å²) >= 11 is 0. The van der Waals surface area contributed by atoms with Crippen LogP contribution in [0, 0.1) is 5.41 Å². The average Bonchev–Trinajstić information content (AvgIpc) is 3.66. The number of likely N-dealkylation sites (tertiary alicyclic amines) is 1. The number of esters is 1. The number of fused-ring (bicyclic) bond motifs is 1. The van der Waals surface area contributed by atoms with E-state index in [2.05, 4.69) is 36.2 Å². The van der Waals surface area contributed by atoms with Crippen molar-refractivity contribution in [3.63, 3.8) is 0 Å². The van der Waals surface area contributed by atoms with E-state index in [1.807, 2.05) is 51.1 Å². The molecule has 3 N–H and O–H groups in total. The number of tetrazole rings is 1. The van der Waals surface area contributed by atoms with E-state index in [0.717, 1.165) is 5.39 Å². The summed E-state index contributed by atoms with van der Waals surface area (Å²) in [6, 6.07) is 8.57. The highest BCUT2D eigenvalue weighted by Gasteiger charge is 2.42. The van der Waals surface area contributed by atoms with Crippen molar-refractivity contribution in [3.05, 3.63) is 60.1 Å². The van der Waals surface area contributed by atoms with Gasteiger partial charge in [0.05, 0.1) is 18.2 Å². The Bertz CT molecular complexity index is 1450. The molecule has 3 aromatic rings. The minimum atomic E-state index is -0.912. The molecule has 2 aromatic heterocycles. The van der Waals surface area contributed by atoms with Gasteiger partial charge in [0.1, 0.15) is 17.8 Å². The fourth-order valence-electron chi connectivity index (χ4n) is 4.81. The number of carbonyl (C=O) groups excluding carboxylic acids is 4. The number of H-pyrrole nitrogens is 1. The van der Waals surface area contributed by atoms with Crippen LogP contribution < -0.4 is 10.6 Å². The summed E-state index contributed by atoms with van der Waals surface area (Å²) in [5.74, 6) is -1.43.